The summed E-state index contributed by atoms with van der Waals surface area (Å²) in [6.07, 6.45) is 0. The molecule has 0 aliphatic rings. The number of rotatable bonds is 6. The second-order valence-electron chi connectivity index (χ2n) is 7.45. The summed E-state index contributed by atoms with van der Waals surface area (Å²) < 4.78 is 5.90. The number of nitrogens with zero attached hydrogens (tertiary/aromatic N) is 6. The van der Waals surface area contributed by atoms with Gasteiger partial charge in [-0.3, -0.25) is 0 Å². The van der Waals surface area contributed by atoms with Crippen molar-refractivity contribution in [1.29, 1.82) is 0 Å². The van der Waals surface area contributed by atoms with Crippen LogP contribution in [0.25, 0.3) is 22.9 Å². The Morgan fingerprint density at radius 2 is 0.886 bits per heavy atom. The molecule has 4 aromatic carbocycles. The van der Waals surface area contributed by atoms with Crippen molar-refractivity contribution in [2.24, 2.45) is 20.5 Å². The monoisotopic (exact) mass is 462 g/mol. The number of hydrogen-bond donors (Lipinski definition) is 2. The van der Waals surface area contributed by atoms with Gasteiger partial charge in [-0.25, -0.2) is 0 Å². The molecule has 5 aromatic rings. The Hall–Kier alpha value is -5.18. The molecule has 0 amide bonds. The Balaban J connectivity index is 1.34. The van der Waals surface area contributed by atoms with Crippen molar-refractivity contribution >= 4 is 22.7 Å². The Labute approximate surface area is 199 Å². The first-order chi connectivity index (χ1) is 17.1. The first-order valence-electron chi connectivity index (χ1n) is 10.6. The number of azo groups is 2. The molecule has 0 atom stereocenters. The van der Waals surface area contributed by atoms with Crippen molar-refractivity contribution in [2.75, 3.05) is 0 Å². The van der Waals surface area contributed by atoms with Gasteiger partial charge in [0.25, 0.3) is 0 Å². The van der Waals surface area contributed by atoms with Crippen LogP contribution in [0.2, 0.25) is 0 Å². The van der Waals surface area contributed by atoms with Crippen molar-refractivity contribution in [1.82, 2.24) is 10.2 Å². The smallest absolute Gasteiger partial charge is 0.248 e. The van der Waals surface area contributed by atoms with Crippen LogP contribution < -0.4 is 0 Å². The molecule has 0 saturated carbocycles. The van der Waals surface area contributed by atoms with Crippen LogP contribution in [0.4, 0.5) is 22.7 Å². The number of aromatic hydroxyl groups is 2. The van der Waals surface area contributed by atoms with Gasteiger partial charge in [0.1, 0.15) is 11.5 Å². The molecule has 5 rings (SSSR count). The van der Waals surface area contributed by atoms with E-state index in [1.54, 1.807) is 60.7 Å². The fourth-order valence-electron chi connectivity index (χ4n) is 3.13. The van der Waals surface area contributed by atoms with Gasteiger partial charge in [-0.2, -0.15) is 20.5 Å². The number of aromatic nitrogens is 2. The highest BCUT2D eigenvalue weighted by Gasteiger charge is 2.11. The molecule has 0 unspecified atom stereocenters. The lowest BCUT2D eigenvalue weighted by Crippen LogP contribution is -1.77. The van der Waals surface area contributed by atoms with E-state index in [-0.39, 0.29) is 11.5 Å². The molecule has 0 bridgehead atoms. The summed E-state index contributed by atoms with van der Waals surface area (Å²) in [6, 6.07) is 27.5. The standard InChI is InChI=1S/C26H18N6O3/c33-23-11-7-19(8-12-23)27-29-21-5-1-3-17(15-21)25-31-32-26(35-25)18-4-2-6-22(16-18)30-28-20-9-13-24(34)14-10-20/h1-16,33-34H. The van der Waals surface area contributed by atoms with Gasteiger partial charge in [0, 0.05) is 11.1 Å². The molecule has 0 saturated heterocycles. The number of hydrogen-bond acceptors (Lipinski definition) is 9. The van der Waals surface area contributed by atoms with Crippen LogP contribution in [0.3, 0.4) is 0 Å². The van der Waals surface area contributed by atoms with E-state index in [0.717, 1.165) is 0 Å². The molecule has 0 aliphatic heterocycles. The average molecular weight is 462 g/mol. The maximum absolute atomic E-state index is 9.37. The molecule has 170 valence electrons. The minimum absolute atomic E-state index is 0.170. The van der Waals surface area contributed by atoms with Crippen LogP contribution in [0.1, 0.15) is 0 Å². The fourth-order valence-corrected chi connectivity index (χ4v) is 3.13. The Bertz CT molecular complexity index is 1400. The van der Waals surface area contributed by atoms with Gasteiger partial charge in [-0.05, 0) is 84.9 Å². The summed E-state index contributed by atoms with van der Waals surface area (Å²) in [5.74, 6) is 1.03. The van der Waals surface area contributed by atoms with Crippen LogP contribution in [0.15, 0.2) is 122 Å². The molecule has 0 fully saturated rings. The first kappa shape index (κ1) is 21.7. The van der Waals surface area contributed by atoms with Crippen LogP contribution >= 0.6 is 0 Å². The highest BCUT2D eigenvalue weighted by Crippen LogP contribution is 2.30. The van der Waals surface area contributed by atoms with E-state index in [2.05, 4.69) is 30.7 Å². The van der Waals surface area contributed by atoms with Crippen molar-refractivity contribution in [3.63, 3.8) is 0 Å². The minimum Gasteiger partial charge on any atom is -0.508 e. The van der Waals surface area contributed by atoms with Crippen molar-refractivity contribution < 1.29 is 14.6 Å². The van der Waals surface area contributed by atoms with E-state index >= 15 is 0 Å². The number of phenols is 2. The quantitative estimate of drug-likeness (QED) is 0.250. The van der Waals surface area contributed by atoms with Crippen LogP contribution in [0.5, 0.6) is 11.5 Å². The molecule has 9 heteroatoms. The highest BCUT2D eigenvalue weighted by molar-refractivity contribution is 5.63. The second-order valence-corrected chi connectivity index (χ2v) is 7.45. The Morgan fingerprint density at radius 3 is 1.31 bits per heavy atom. The molecule has 9 nitrogen and oxygen atoms in total. The topological polar surface area (TPSA) is 129 Å². The summed E-state index contributed by atoms with van der Waals surface area (Å²) in [5.41, 5.74) is 3.88. The lowest BCUT2D eigenvalue weighted by atomic mass is 10.2. The van der Waals surface area contributed by atoms with Gasteiger partial charge in [0.15, 0.2) is 0 Å². The summed E-state index contributed by atoms with van der Waals surface area (Å²) >= 11 is 0. The fraction of sp³-hybridized carbons (Fsp3) is 0. The number of phenolic OH excluding ortho intramolecular Hbond substituents is 2. The summed E-state index contributed by atoms with van der Waals surface area (Å²) in [6.45, 7) is 0. The second kappa shape index (κ2) is 9.75. The van der Waals surface area contributed by atoms with Gasteiger partial charge < -0.3 is 14.6 Å². The van der Waals surface area contributed by atoms with Crippen LogP contribution in [-0.2, 0) is 0 Å². The van der Waals surface area contributed by atoms with Crippen molar-refractivity contribution in [3.05, 3.63) is 97.1 Å². The lowest BCUT2D eigenvalue weighted by Gasteiger charge is -1.98. The van der Waals surface area contributed by atoms with E-state index in [0.29, 0.717) is 45.7 Å². The van der Waals surface area contributed by atoms with Gasteiger partial charge in [-0.15, -0.1) is 10.2 Å². The van der Waals surface area contributed by atoms with E-state index in [1.807, 2.05) is 36.4 Å². The largest absolute Gasteiger partial charge is 0.508 e. The SMILES string of the molecule is Oc1ccc(N=Nc2cccc(-c3nnc(-c4cccc(N=Nc5ccc(O)cc5)c4)o3)c2)cc1. The lowest BCUT2D eigenvalue weighted by molar-refractivity contribution is 0.475. The molecular weight excluding hydrogens is 444 g/mol. The molecule has 1 aromatic heterocycles. The van der Waals surface area contributed by atoms with E-state index in [4.69, 9.17) is 4.42 Å². The normalized spacial score (nSPS) is 11.4. The Morgan fingerprint density at radius 1 is 0.486 bits per heavy atom. The van der Waals surface area contributed by atoms with Gasteiger partial charge >= 0.3 is 0 Å². The highest BCUT2D eigenvalue weighted by atomic mass is 16.4. The van der Waals surface area contributed by atoms with Gasteiger partial charge in [-0.1, -0.05) is 12.1 Å². The van der Waals surface area contributed by atoms with E-state index in [1.165, 1.54) is 0 Å². The van der Waals surface area contributed by atoms with Gasteiger partial charge in [0.05, 0.1) is 22.7 Å². The molecule has 0 aliphatic carbocycles. The third-order valence-electron chi connectivity index (χ3n) is 4.87. The average Bonchev–Trinajstić information content (AvgIpc) is 3.39. The van der Waals surface area contributed by atoms with Crippen molar-refractivity contribution in [3.8, 4) is 34.4 Å². The maximum atomic E-state index is 9.37. The van der Waals surface area contributed by atoms with E-state index < -0.39 is 0 Å². The Kier molecular flexibility index (Phi) is 6.03. The predicted octanol–water partition coefficient (Wildman–Crippen LogP) is 7.65. The predicted molar refractivity (Wildman–Crippen MR) is 130 cm³/mol. The maximum Gasteiger partial charge on any atom is 0.248 e. The zero-order chi connectivity index (χ0) is 24.0. The summed E-state index contributed by atoms with van der Waals surface area (Å²) in [7, 11) is 0. The first-order valence-corrected chi connectivity index (χ1v) is 10.6. The molecule has 35 heavy (non-hydrogen) atoms. The molecule has 0 spiro atoms. The third-order valence-corrected chi connectivity index (χ3v) is 4.87. The molecule has 2 N–H and O–H groups in total. The summed E-state index contributed by atoms with van der Waals surface area (Å²) in [4.78, 5) is 0. The minimum atomic E-state index is 0.170. The number of benzene rings is 4. The zero-order valence-corrected chi connectivity index (χ0v) is 18.2. The molecule has 1 heterocycles. The summed E-state index contributed by atoms with van der Waals surface area (Å²) in [5, 5.41) is 43.9. The molecular formula is C26H18N6O3. The van der Waals surface area contributed by atoms with Crippen LogP contribution in [0, 0.1) is 0 Å². The zero-order valence-electron chi connectivity index (χ0n) is 18.2. The third kappa shape index (κ3) is 5.42. The van der Waals surface area contributed by atoms with Crippen LogP contribution in [-0.4, -0.2) is 20.4 Å². The molecule has 0 radical (unpaired) electrons. The van der Waals surface area contributed by atoms with Crippen molar-refractivity contribution in [2.45, 2.75) is 0 Å². The van der Waals surface area contributed by atoms with E-state index in [9.17, 15) is 10.2 Å². The van der Waals surface area contributed by atoms with Gasteiger partial charge in [0.2, 0.25) is 11.8 Å².